The van der Waals surface area contributed by atoms with E-state index in [0.29, 0.717) is 18.0 Å². The Morgan fingerprint density at radius 3 is 2.61 bits per heavy atom. The lowest BCUT2D eigenvalue weighted by atomic mass is 9.90. The molecule has 4 nitrogen and oxygen atoms in total. The zero-order valence-electron chi connectivity index (χ0n) is 10.0. The maximum atomic E-state index is 12.9. The number of ether oxygens (including phenoxy) is 1. The number of rotatable bonds is 3. The zero-order valence-corrected chi connectivity index (χ0v) is 10.0. The Balaban J connectivity index is 2.26. The summed E-state index contributed by atoms with van der Waals surface area (Å²) in [4.78, 5) is 13.5. The Labute approximate surface area is 105 Å². The van der Waals surface area contributed by atoms with Crippen molar-refractivity contribution in [2.24, 2.45) is 5.41 Å². The number of alkyl halides is 1. The number of methoxy groups -OCH3 is 1. The van der Waals surface area contributed by atoms with E-state index >= 15 is 0 Å². The van der Waals surface area contributed by atoms with Gasteiger partial charge in [-0.2, -0.15) is 5.26 Å². The summed E-state index contributed by atoms with van der Waals surface area (Å²) in [5.74, 6) is 0.222. The molecular formula is C13H13FN2O2. The molecule has 1 saturated heterocycles. The molecule has 18 heavy (non-hydrogen) atoms. The summed E-state index contributed by atoms with van der Waals surface area (Å²) in [6.45, 7) is -0.572. The number of nitriles is 1. The maximum Gasteiger partial charge on any atom is 0.250 e. The number of halogens is 1. The second kappa shape index (κ2) is 4.65. The van der Waals surface area contributed by atoms with Crippen molar-refractivity contribution >= 4 is 11.6 Å². The molecule has 0 aliphatic carbocycles. The van der Waals surface area contributed by atoms with E-state index in [1.54, 1.807) is 31.4 Å². The van der Waals surface area contributed by atoms with Crippen LogP contribution in [0.5, 0.6) is 5.75 Å². The summed E-state index contributed by atoms with van der Waals surface area (Å²) < 4.78 is 17.9. The van der Waals surface area contributed by atoms with Crippen molar-refractivity contribution < 1.29 is 13.9 Å². The van der Waals surface area contributed by atoms with Crippen LogP contribution in [0.2, 0.25) is 0 Å². The second-order valence-electron chi connectivity index (χ2n) is 4.23. The van der Waals surface area contributed by atoms with Gasteiger partial charge in [-0.3, -0.25) is 4.79 Å². The van der Waals surface area contributed by atoms with Crippen molar-refractivity contribution in [1.29, 1.82) is 5.26 Å². The van der Waals surface area contributed by atoms with Crippen molar-refractivity contribution in [2.45, 2.75) is 6.42 Å². The van der Waals surface area contributed by atoms with Crippen LogP contribution in [0, 0.1) is 16.7 Å². The molecule has 1 fully saturated rings. The molecule has 0 aromatic heterocycles. The van der Waals surface area contributed by atoms with Crippen LogP contribution in [0.4, 0.5) is 10.1 Å². The fraction of sp³-hybridized carbons (Fsp3) is 0.385. The molecule has 1 atom stereocenters. The number of carbonyl (C=O) groups is 1. The third-order valence-electron chi connectivity index (χ3n) is 3.24. The predicted octanol–water partition coefficient (Wildman–Crippen LogP) is 1.91. The summed E-state index contributed by atoms with van der Waals surface area (Å²) in [5, 5.41) is 8.98. The van der Waals surface area contributed by atoms with Gasteiger partial charge in [0.15, 0.2) is 5.41 Å². The lowest BCUT2D eigenvalue weighted by molar-refractivity contribution is -0.123. The van der Waals surface area contributed by atoms with Gasteiger partial charge < -0.3 is 9.64 Å². The highest BCUT2D eigenvalue weighted by Gasteiger charge is 2.48. The van der Waals surface area contributed by atoms with Crippen LogP contribution in [0.25, 0.3) is 0 Å². The first-order chi connectivity index (χ1) is 8.66. The fourth-order valence-electron chi connectivity index (χ4n) is 2.04. The molecule has 1 amide bonds. The number of hydrogen-bond acceptors (Lipinski definition) is 3. The van der Waals surface area contributed by atoms with E-state index in [0.717, 1.165) is 0 Å². The second-order valence-corrected chi connectivity index (χ2v) is 4.23. The van der Waals surface area contributed by atoms with Crippen LogP contribution in [0.15, 0.2) is 24.3 Å². The largest absolute Gasteiger partial charge is 0.497 e. The summed E-state index contributed by atoms with van der Waals surface area (Å²) in [7, 11) is 1.56. The number of benzene rings is 1. The van der Waals surface area contributed by atoms with Gasteiger partial charge >= 0.3 is 0 Å². The number of nitrogens with zero attached hydrogens (tertiary/aromatic N) is 2. The summed E-state index contributed by atoms with van der Waals surface area (Å²) >= 11 is 0. The first-order valence-electron chi connectivity index (χ1n) is 5.60. The fourth-order valence-corrected chi connectivity index (χ4v) is 2.04. The molecule has 0 spiro atoms. The van der Waals surface area contributed by atoms with Gasteiger partial charge in [0, 0.05) is 12.2 Å². The van der Waals surface area contributed by atoms with Gasteiger partial charge in [0.1, 0.15) is 12.4 Å². The third-order valence-corrected chi connectivity index (χ3v) is 3.24. The van der Waals surface area contributed by atoms with Crippen molar-refractivity contribution in [3.8, 4) is 11.8 Å². The van der Waals surface area contributed by atoms with Crippen LogP contribution >= 0.6 is 0 Å². The van der Waals surface area contributed by atoms with E-state index in [2.05, 4.69) is 0 Å². The smallest absolute Gasteiger partial charge is 0.250 e. The molecule has 1 heterocycles. The van der Waals surface area contributed by atoms with E-state index < -0.39 is 18.0 Å². The molecule has 1 aliphatic rings. The molecule has 94 valence electrons. The SMILES string of the molecule is COc1ccc(N2CCC(C#N)(CF)C2=O)cc1. The van der Waals surface area contributed by atoms with Gasteiger partial charge in [-0.25, -0.2) is 4.39 Å². The van der Waals surface area contributed by atoms with Crippen LogP contribution in [0.1, 0.15) is 6.42 Å². The lowest BCUT2D eigenvalue weighted by Crippen LogP contribution is -2.35. The average molecular weight is 248 g/mol. The molecule has 1 aromatic rings. The molecule has 0 saturated carbocycles. The molecule has 1 aromatic carbocycles. The quantitative estimate of drug-likeness (QED) is 0.821. The molecule has 5 heteroatoms. The number of hydrogen-bond donors (Lipinski definition) is 0. The van der Waals surface area contributed by atoms with Crippen LogP contribution in [-0.2, 0) is 4.79 Å². The van der Waals surface area contributed by atoms with Crippen molar-refractivity contribution in [2.75, 3.05) is 25.2 Å². The maximum absolute atomic E-state index is 12.9. The van der Waals surface area contributed by atoms with Crippen LogP contribution < -0.4 is 9.64 Å². The van der Waals surface area contributed by atoms with Crippen molar-refractivity contribution in [3.63, 3.8) is 0 Å². The van der Waals surface area contributed by atoms with E-state index in [1.165, 1.54) is 4.90 Å². The molecule has 1 aliphatic heterocycles. The van der Waals surface area contributed by atoms with E-state index in [-0.39, 0.29) is 6.42 Å². The summed E-state index contributed by atoms with van der Waals surface area (Å²) in [6, 6.07) is 8.71. The Hall–Kier alpha value is -2.09. The Morgan fingerprint density at radius 1 is 1.50 bits per heavy atom. The van der Waals surface area contributed by atoms with Crippen molar-refractivity contribution in [1.82, 2.24) is 0 Å². The Bertz CT molecular complexity index is 495. The predicted molar refractivity (Wildman–Crippen MR) is 64.0 cm³/mol. The highest BCUT2D eigenvalue weighted by Crippen LogP contribution is 2.35. The molecule has 0 radical (unpaired) electrons. The molecule has 0 bridgehead atoms. The Kier molecular flexibility index (Phi) is 3.19. The molecule has 0 N–H and O–H groups in total. The highest BCUT2D eigenvalue weighted by molar-refractivity contribution is 6.01. The number of amides is 1. The molecular weight excluding hydrogens is 235 g/mol. The Morgan fingerprint density at radius 2 is 2.17 bits per heavy atom. The van der Waals surface area contributed by atoms with Gasteiger partial charge in [-0.1, -0.05) is 0 Å². The lowest BCUT2D eigenvalue weighted by Gasteiger charge is -2.19. The zero-order chi connectivity index (χ0) is 13.2. The minimum absolute atomic E-state index is 0.227. The standard InChI is InChI=1S/C13H13FN2O2/c1-18-11-4-2-10(3-5-11)16-7-6-13(8-14,9-15)12(16)17/h2-5H,6-8H2,1H3. The van der Waals surface area contributed by atoms with E-state index in [9.17, 15) is 9.18 Å². The first-order valence-corrected chi connectivity index (χ1v) is 5.60. The number of carbonyl (C=O) groups excluding carboxylic acids is 1. The number of anilines is 1. The van der Waals surface area contributed by atoms with Gasteiger partial charge in [-0.05, 0) is 30.7 Å². The van der Waals surface area contributed by atoms with E-state index in [1.807, 2.05) is 6.07 Å². The minimum atomic E-state index is -1.50. The highest BCUT2D eigenvalue weighted by atomic mass is 19.1. The van der Waals surface area contributed by atoms with E-state index in [4.69, 9.17) is 10.00 Å². The van der Waals surface area contributed by atoms with Crippen LogP contribution in [0.3, 0.4) is 0 Å². The first kappa shape index (κ1) is 12.4. The van der Waals surface area contributed by atoms with Gasteiger partial charge in [0.05, 0.1) is 13.2 Å². The minimum Gasteiger partial charge on any atom is -0.497 e. The molecule has 1 unspecified atom stereocenters. The van der Waals surface area contributed by atoms with Gasteiger partial charge in [-0.15, -0.1) is 0 Å². The summed E-state index contributed by atoms with van der Waals surface area (Å²) in [5.41, 5.74) is -0.841. The van der Waals surface area contributed by atoms with Crippen LogP contribution in [-0.4, -0.2) is 26.2 Å². The third kappa shape index (κ3) is 1.80. The summed E-state index contributed by atoms with van der Waals surface area (Å²) in [6.07, 6.45) is 0.227. The topological polar surface area (TPSA) is 53.3 Å². The van der Waals surface area contributed by atoms with Gasteiger partial charge in [0.2, 0.25) is 5.91 Å². The van der Waals surface area contributed by atoms with Crippen molar-refractivity contribution in [3.05, 3.63) is 24.3 Å². The normalized spacial score (nSPS) is 22.9. The monoisotopic (exact) mass is 248 g/mol. The molecule has 2 rings (SSSR count). The average Bonchev–Trinajstić information content (AvgIpc) is 2.76. The van der Waals surface area contributed by atoms with Gasteiger partial charge in [0.25, 0.3) is 0 Å².